The second-order valence-corrected chi connectivity index (χ2v) is 9.96. The first-order valence-electron chi connectivity index (χ1n) is 10.7. The second-order valence-electron chi connectivity index (χ2n) is 9.96. The van der Waals surface area contributed by atoms with Crippen molar-refractivity contribution in [1.82, 2.24) is 9.38 Å². The smallest absolute Gasteiger partial charge is 0.287 e. The Kier molecular flexibility index (Phi) is 3.35. The van der Waals surface area contributed by atoms with Crippen LogP contribution in [0.25, 0.3) is 49.1 Å². The maximum atomic E-state index is 4.86. The molecule has 0 saturated heterocycles. The van der Waals surface area contributed by atoms with Gasteiger partial charge in [0.05, 0.1) is 29.0 Å². The molecule has 3 nitrogen and oxygen atoms in total. The fourth-order valence-electron chi connectivity index (χ4n) is 5.30. The number of fused-ring (bicyclic) bond motifs is 5. The van der Waals surface area contributed by atoms with Gasteiger partial charge in [-0.3, -0.25) is 0 Å². The van der Waals surface area contributed by atoms with E-state index in [0.29, 0.717) is 0 Å². The van der Waals surface area contributed by atoms with Crippen molar-refractivity contribution < 1.29 is 4.57 Å². The summed E-state index contributed by atoms with van der Waals surface area (Å²) in [6.45, 7) is 9.12. The van der Waals surface area contributed by atoms with E-state index in [4.69, 9.17) is 4.98 Å². The zero-order valence-electron chi connectivity index (χ0n) is 18.2. The van der Waals surface area contributed by atoms with Gasteiger partial charge in [0.15, 0.2) is 5.52 Å². The number of benzene rings is 3. The molecular weight excluding hydrogens is 366 g/mol. The van der Waals surface area contributed by atoms with E-state index < -0.39 is 0 Å². The quantitative estimate of drug-likeness (QED) is 0.188. The topological polar surface area (TPSA) is 21.2 Å². The van der Waals surface area contributed by atoms with Crippen molar-refractivity contribution in [3.05, 3.63) is 66.0 Å². The Hall–Kier alpha value is -3.20. The van der Waals surface area contributed by atoms with Crippen molar-refractivity contribution >= 4 is 49.1 Å². The number of rotatable bonds is 1. The van der Waals surface area contributed by atoms with Crippen LogP contribution >= 0.6 is 0 Å². The number of pyridine rings is 1. The number of nitrogens with zero attached hydrogens (tertiary/aromatic N) is 3. The van der Waals surface area contributed by atoms with Gasteiger partial charge in [0.1, 0.15) is 5.52 Å². The van der Waals surface area contributed by atoms with Gasteiger partial charge in [0.25, 0.3) is 6.33 Å². The zero-order chi connectivity index (χ0) is 20.8. The summed E-state index contributed by atoms with van der Waals surface area (Å²) in [4.78, 5) is 4.86. The van der Waals surface area contributed by atoms with E-state index >= 15 is 0 Å². The van der Waals surface area contributed by atoms with Crippen LogP contribution in [0.5, 0.6) is 0 Å². The summed E-state index contributed by atoms with van der Waals surface area (Å²) in [6.07, 6.45) is 3.00. The number of hydrogen-bond acceptors (Lipinski definition) is 1. The Morgan fingerprint density at radius 3 is 2.53 bits per heavy atom. The molecule has 0 N–H and O–H groups in total. The second kappa shape index (κ2) is 5.69. The van der Waals surface area contributed by atoms with Gasteiger partial charge < -0.3 is 4.40 Å². The Morgan fingerprint density at radius 2 is 1.73 bits per heavy atom. The SMILES string of the molecule is Cc1ccc2c3ccccc3n3c4cc(CC(C)(C)C)cc5nc[n+](C)c(c1c23)c54. The fourth-order valence-corrected chi connectivity index (χ4v) is 5.30. The summed E-state index contributed by atoms with van der Waals surface area (Å²) in [7, 11) is 2.12. The molecule has 3 heterocycles. The first-order chi connectivity index (χ1) is 14.3. The van der Waals surface area contributed by atoms with Gasteiger partial charge >= 0.3 is 0 Å². The van der Waals surface area contributed by atoms with Gasteiger partial charge in [-0.15, -0.1) is 0 Å². The van der Waals surface area contributed by atoms with Crippen molar-refractivity contribution in [2.24, 2.45) is 12.5 Å². The minimum absolute atomic E-state index is 0.222. The van der Waals surface area contributed by atoms with Crippen LogP contribution in [0.3, 0.4) is 0 Å². The molecule has 0 unspecified atom stereocenters. The van der Waals surface area contributed by atoms with Gasteiger partial charge in [0.2, 0.25) is 0 Å². The molecule has 0 saturated carbocycles. The van der Waals surface area contributed by atoms with Crippen LogP contribution in [0.4, 0.5) is 0 Å². The standard InChI is InChI=1S/C27H26N3/c1-16-10-11-19-18-8-6-7-9-21(18)30-22-13-17(14-27(2,3)4)12-20-24(22)26(23(16)25(19)30)29(5)15-28-20/h6-13,15H,14H2,1-5H3/q+1. The van der Waals surface area contributed by atoms with E-state index in [2.05, 4.69) is 92.2 Å². The fraction of sp³-hybridized carbons (Fsp3) is 0.259. The Bertz CT molecular complexity index is 1610. The number of aryl methyl sites for hydroxylation is 2. The molecular formula is C27H26N3+. The van der Waals surface area contributed by atoms with E-state index in [0.717, 1.165) is 11.9 Å². The van der Waals surface area contributed by atoms with E-state index in [9.17, 15) is 0 Å². The van der Waals surface area contributed by atoms with E-state index in [1.54, 1.807) is 0 Å². The minimum Gasteiger partial charge on any atom is -0.308 e. The highest BCUT2D eigenvalue weighted by Crippen LogP contribution is 2.40. The normalized spacial score (nSPS) is 13.0. The molecule has 30 heavy (non-hydrogen) atoms. The number of hydrogen-bond donors (Lipinski definition) is 0. The highest BCUT2D eigenvalue weighted by Gasteiger charge is 2.24. The van der Waals surface area contributed by atoms with Crippen molar-refractivity contribution in [3.63, 3.8) is 0 Å². The lowest BCUT2D eigenvalue weighted by molar-refractivity contribution is -0.646. The lowest BCUT2D eigenvalue weighted by atomic mass is 9.87. The van der Waals surface area contributed by atoms with Crippen LogP contribution in [0.2, 0.25) is 0 Å². The first kappa shape index (κ1) is 17.6. The molecule has 0 amide bonds. The van der Waals surface area contributed by atoms with Crippen molar-refractivity contribution in [1.29, 1.82) is 0 Å². The zero-order valence-corrected chi connectivity index (χ0v) is 18.2. The third-order valence-corrected chi connectivity index (χ3v) is 6.37. The Balaban J connectivity index is 1.98. The summed E-state index contributed by atoms with van der Waals surface area (Å²) < 4.78 is 4.67. The summed E-state index contributed by atoms with van der Waals surface area (Å²) in [5.41, 5.74) is 9.08. The lowest BCUT2D eigenvalue weighted by Crippen LogP contribution is -2.30. The molecule has 0 bridgehead atoms. The lowest BCUT2D eigenvalue weighted by Gasteiger charge is -2.19. The van der Waals surface area contributed by atoms with Crippen LogP contribution < -0.4 is 4.57 Å². The van der Waals surface area contributed by atoms with Crippen LogP contribution in [0.15, 0.2) is 54.9 Å². The van der Waals surface area contributed by atoms with E-state index in [1.165, 1.54) is 54.7 Å². The molecule has 0 spiro atoms. The van der Waals surface area contributed by atoms with Gasteiger partial charge in [-0.05, 0) is 53.1 Å². The number of aromatic nitrogens is 3. The molecule has 0 aliphatic rings. The van der Waals surface area contributed by atoms with E-state index in [-0.39, 0.29) is 5.41 Å². The van der Waals surface area contributed by atoms with Gasteiger partial charge in [-0.25, -0.2) is 4.57 Å². The van der Waals surface area contributed by atoms with Crippen LogP contribution in [-0.4, -0.2) is 9.38 Å². The molecule has 0 radical (unpaired) electrons. The van der Waals surface area contributed by atoms with Gasteiger partial charge in [-0.2, -0.15) is 0 Å². The molecule has 0 aliphatic heterocycles. The monoisotopic (exact) mass is 392 g/mol. The van der Waals surface area contributed by atoms with Crippen molar-refractivity contribution in [3.8, 4) is 0 Å². The molecule has 0 atom stereocenters. The molecule has 0 aliphatic carbocycles. The van der Waals surface area contributed by atoms with E-state index in [1.807, 2.05) is 6.33 Å². The predicted octanol–water partition coefficient (Wildman–Crippen LogP) is 6.11. The largest absolute Gasteiger partial charge is 0.308 e. The maximum Gasteiger partial charge on any atom is 0.287 e. The average molecular weight is 393 g/mol. The minimum atomic E-state index is 0.222. The van der Waals surface area contributed by atoms with Gasteiger partial charge in [0, 0.05) is 16.2 Å². The van der Waals surface area contributed by atoms with Crippen LogP contribution in [-0.2, 0) is 13.5 Å². The molecule has 6 aromatic rings. The summed E-state index contributed by atoms with van der Waals surface area (Å²) in [5.74, 6) is 0. The molecule has 3 aromatic heterocycles. The molecule has 3 aromatic carbocycles. The average Bonchev–Trinajstić information content (AvgIpc) is 3.02. The Labute approximate surface area is 175 Å². The number of para-hydroxylation sites is 1. The highest BCUT2D eigenvalue weighted by atomic mass is 15.0. The van der Waals surface area contributed by atoms with Gasteiger partial charge in [-0.1, -0.05) is 51.1 Å². The van der Waals surface area contributed by atoms with Crippen LogP contribution in [0.1, 0.15) is 31.9 Å². The van der Waals surface area contributed by atoms with Crippen molar-refractivity contribution in [2.75, 3.05) is 0 Å². The molecule has 148 valence electrons. The van der Waals surface area contributed by atoms with Crippen molar-refractivity contribution in [2.45, 2.75) is 34.1 Å². The summed E-state index contributed by atoms with van der Waals surface area (Å²) in [5, 5.41) is 5.21. The summed E-state index contributed by atoms with van der Waals surface area (Å²) in [6, 6.07) is 18.0. The first-order valence-corrected chi connectivity index (χ1v) is 10.7. The third kappa shape index (κ3) is 2.26. The molecule has 0 fully saturated rings. The third-order valence-electron chi connectivity index (χ3n) is 6.37. The highest BCUT2D eigenvalue weighted by molar-refractivity contribution is 6.25. The summed E-state index contributed by atoms with van der Waals surface area (Å²) >= 11 is 0. The Morgan fingerprint density at radius 1 is 0.933 bits per heavy atom. The maximum absolute atomic E-state index is 4.86. The molecule has 3 heteroatoms. The van der Waals surface area contributed by atoms with Crippen LogP contribution in [0, 0.1) is 12.3 Å². The molecule has 6 rings (SSSR count). The predicted molar refractivity (Wildman–Crippen MR) is 125 cm³/mol.